The van der Waals surface area contributed by atoms with Gasteiger partial charge in [0.25, 0.3) is 0 Å². The van der Waals surface area contributed by atoms with Crippen molar-refractivity contribution in [2.24, 2.45) is 4.99 Å². The molecular formula is C19H21NO. The number of hydrogen-bond donors (Lipinski definition) is 0. The molecule has 0 spiro atoms. The van der Waals surface area contributed by atoms with Gasteiger partial charge >= 0.3 is 0 Å². The number of rotatable bonds is 5. The third-order valence-corrected chi connectivity index (χ3v) is 3.46. The highest BCUT2D eigenvalue weighted by Gasteiger charge is 2.03. The van der Waals surface area contributed by atoms with E-state index in [1.807, 2.05) is 32.0 Å². The molecule has 0 saturated carbocycles. The Morgan fingerprint density at radius 2 is 1.48 bits per heavy atom. The SMILES string of the molecule is CCC(=O)N=C(CC)Cc1ccc(-c2ccccc2)cc1. The standard InChI is InChI=1S/C19H21NO/c1-3-18(20-19(21)4-2)14-15-10-12-17(13-11-15)16-8-6-5-7-9-16/h5-13H,3-4,14H2,1-2H3. The minimum atomic E-state index is -0.0345. The van der Waals surface area contributed by atoms with Crippen LogP contribution in [0.2, 0.25) is 0 Å². The summed E-state index contributed by atoms with van der Waals surface area (Å²) in [6.07, 6.45) is 2.03. The maximum Gasteiger partial charge on any atom is 0.245 e. The first-order valence-corrected chi connectivity index (χ1v) is 7.46. The van der Waals surface area contributed by atoms with Gasteiger partial charge in [0.05, 0.1) is 0 Å². The monoisotopic (exact) mass is 279 g/mol. The van der Waals surface area contributed by atoms with E-state index in [1.165, 1.54) is 16.7 Å². The molecule has 0 saturated heterocycles. The number of nitrogens with zero attached hydrogens (tertiary/aromatic N) is 1. The van der Waals surface area contributed by atoms with Crippen molar-refractivity contribution < 1.29 is 4.79 Å². The summed E-state index contributed by atoms with van der Waals surface area (Å²) in [6.45, 7) is 3.88. The summed E-state index contributed by atoms with van der Waals surface area (Å²) in [6, 6.07) is 18.8. The van der Waals surface area contributed by atoms with Crippen LogP contribution in [0.4, 0.5) is 0 Å². The highest BCUT2D eigenvalue weighted by molar-refractivity contribution is 5.96. The van der Waals surface area contributed by atoms with Gasteiger partial charge in [-0.25, -0.2) is 4.99 Å². The quantitative estimate of drug-likeness (QED) is 0.730. The first kappa shape index (κ1) is 15.2. The minimum Gasteiger partial charge on any atom is -0.273 e. The topological polar surface area (TPSA) is 29.4 Å². The third kappa shape index (κ3) is 4.38. The van der Waals surface area contributed by atoms with Gasteiger partial charge in [-0.3, -0.25) is 4.79 Å². The van der Waals surface area contributed by atoms with Crippen LogP contribution in [0.5, 0.6) is 0 Å². The average molecular weight is 279 g/mol. The molecule has 0 aliphatic heterocycles. The molecule has 2 heteroatoms. The molecule has 0 heterocycles. The second-order valence-electron chi connectivity index (χ2n) is 5.02. The Balaban J connectivity index is 2.12. The smallest absolute Gasteiger partial charge is 0.245 e. The molecule has 0 aliphatic rings. The zero-order chi connectivity index (χ0) is 15.1. The van der Waals surface area contributed by atoms with E-state index in [4.69, 9.17) is 0 Å². The Hall–Kier alpha value is -2.22. The second-order valence-corrected chi connectivity index (χ2v) is 5.02. The van der Waals surface area contributed by atoms with Crippen molar-refractivity contribution in [2.75, 3.05) is 0 Å². The lowest BCUT2D eigenvalue weighted by molar-refractivity contribution is -0.117. The van der Waals surface area contributed by atoms with Crippen LogP contribution in [0.15, 0.2) is 59.6 Å². The fourth-order valence-electron chi connectivity index (χ4n) is 2.18. The van der Waals surface area contributed by atoms with Gasteiger partial charge in [0.2, 0.25) is 5.91 Å². The van der Waals surface area contributed by atoms with Crippen molar-refractivity contribution in [1.29, 1.82) is 0 Å². The van der Waals surface area contributed by atoms with E-state index in [0.29, 0.717) is 6.42 Å². The number of hydrogen-bond acceptors (Lipinski definition) is 1. The highest BCUT2D eigenvalue weighted by atomic mass is 16.1. The van der Waals surface area contributed by atoms with Gasteiger partial charge in [-0.05, 0) is 23.1 Å². The van der Waals surface area contributed by atoms with Crippen molar-refractivity contribution in [1.82, 2.24) is 0 Å². The van der Waals surface area contributed by atoms with E-state index in [2.05, 4.69) is 41.4 Å². The van der Waals surface area contributed by atoms with E-state index in [1.54, 1.807) is 0 Å². The molecule has 1 amide bonds. The van der Waals surface area contributed by atoms with Crippen LogP contribution in [-0.4, -0.2) is 11.6 Å². The van der Waals surface area contributed by atoms with Crippen LogP contribution in [0.1, 0.15) is 32.3 Å². The number of aliphatic imine (C=N–C) groups is 1. The van der Waals surface area contributed by atoms with Crippen LogP contribution in [-0.2, 0) is 11.2 Å². The number of amides is 1. The third-order valence-electron chi connectivity index (χ3n) is 3.46. The number of benzene rings is 2. The van der Waals surface area contributed by atoms with Crippen molar-refractivity contribution in [3.63, 3.8) is 0 Å². The molecule has 0 atom stereocenters. The summed E-state index contributed by atoms with van der Waals surface area (Å²) in [5.74, 6) is -0.0345. The molecule has 2 aromatic carbocycles. The zero-order valence-electron chi connectivity index (χ0n) is 12.7. The molecule has 0 unspecified atom stereocenters. The van der Waals surface area contributed by atoms with E-state index < -0.39 is 0 Å². The summed E-state index contributed by atoms with van der Waals surface area (Å²) < 4.78 is 0. The molecule has 0 N–H and O–H groups in total. The largest absolute Gasteiger partial charge is 0.273 e. The fraction of sp³-hybridized carbons (Fsp3) is 0.263. The number of carbonyl (C=O) groups excluding carboxylic acids is 1. The van der Waals surface area contributed by atoms with Gasteiger partial charge in [-0.1, -0.05) is 68.4 Å². The van der Waals surface area contributed by atoms with E-state index >= 15 is 0 Å². The molecule has 108 valence electrons. The van der Waals surface area contributed by atoms with Crippen LogP contribution >= 0.6 is 0 Å². The lowest BCUT2D eigenvalue weighted by atomic mass is 10.0. The predicted molar refractivity (Wildman–Crippen MR) is 88.6 cm³/mol. The highest BCUT2D eigenvalue weighted by Crippen LogP contribution is 2.19. The predicted octanol–water partition coefficient (Wildman–Crippen LogP) is 4.68. The molecule has 2 aromatic rings. The van der Waals surface area contributed by atoms with Crippen LogP contribution in [0.25, 0.3) is 11.1 Å². The molecule has 2 nitrogen and oxygen atoms in total. The van der Waals surface area contributed by atoms with Crippen LogP contribution < -0.4 is 0 Å². The van der Waals surface area contributed by atoms with Gasteiger partial charge in [0.15, 0.2) is 0 Å². The van der Waals surface area contributed by atoms with Gasteiger partial charge in [0.1, 0.15) is 0 Å². The van der Waals surface area contributed by atoms with Gasteiger partial charge < -0.3 is 0 Å². The molecule has 0 fully saturated rings. The first-order chi connectivity index (χ1) is 10.2. The molecule has 0 aliphatic carbocycles. The average Bonchev–Trinajstić information content (AvgIpc) is 2.55. The van der Waals surface area contributed by atoms with Gasteiger partial charge in [-0.15, -0.1) is 0 Å². The van der Waals surface area contributed by atoms with Gasteiger partial charge in [-0.2, -0.15) is 0 Å². The molecule has 0 bridgehead atoms. The first-order valence-electron chi connectivity index (χ1n) is 7.46. The summed E-state index contributed by atoms with van der Waals surface area (Å²) >= 11 is 0. The van der Waals surface area contributed by atoms with Crippen molar-refractivity contribution in [3.8, 4) is 11.1 Å². The van der Waals surface area contributed by atoms with Crippen molar-refractivity contribution in [3.05, 3.63) is 60.2 Å². The van der Waals surface area contributed by atoms with Gasteiger partial charge in [0, 0.05) is 18.6 Å². The Morgan fingerprint density at radius 1 is 0.857 bits per heavy atom. The maximum absolute atomic E-state index is 11.4. The molecular weight excluding hydrogens is 258 g/mol. The normalized spacial score (nSPS) is 11.4. The Kier molecular flexibility index (Phi) is 5.44. The van der Waals surface area contributed by atoms with E-state index in [0.717, 1.165) is 18.6 Å². The Bertz CT molecular complexity index is 612. The second kappa shape index (κ2) is 7.53. The molecule has 0 radical (unpaired) electrons. The van der Waals surface area contributed by atoms with Crippen molar-refractivity contribution in [2.45, 2.75) is 33.1 Å². The van der Waals surface area contributed by atoms with Crippen LogP contribution in [0, 0.1) is 0 Å². The summed E-state index contributed by atoms with van der Waals surface area (Å²) in [5, 5.41) is 0. The molecule has 21 heavy (non-hydrogen) atoms. The number of carbonyl (C=O) groups is 1. The lowest BCUT2D eigenvalue weighted by Gasteiger charge is -2.06. The molecule has 0 aromatic heterocycles. The Labute approximate surface area is 126 Å². The van der Waals surface area contributed by atoms with E-state index in [9.17, 15) is 4.79 Å². The minimum absolute atomic E-state index is 0.0345. The summed E-state index contributed by atoms with van der Waals surface area (Å²) in [4.78, 5) is 15.6. The fourth-order valence-corrected chi connectivity index (χ4v) is 2.18. The summed E-state index contributed by atoms with van der Waals surface area (Å²) in [5.41, 5.74) is 4.57. The lowest BCUT2D eigenvalue weighted by Crippen LogP contribution is -2.05. The summed E-state index contributed by atoms with van der Waals surface area (Å²) in [7, 11) is 0. The van der Waals surface area contributed by atoms with E-state index in [-0.39, 0.29) is 5.91 Å². The maximum atomic E-state index is 11.4. The van der Waals surface area contributed by atoms with Crippen LogP contribution in [0.3, 0.4) is 0 Å². The molecule has 2 rings (SSSR count). The zero-order valence-corrected chi connectivity index (χ0v) is 12.7. The Morgan fingerprint density at radius 3 is 2.05 bits per heavy atom. The van der Waals surface area contributed by atoms with Crippen molar-refractivity contribution >= 4 is 11.6 Å².